The Labute approximate surface area is 215 Å². The number of nitrogens with zero attached hydrogens (tertiary/aromatic N) is 1. The molecule has 0 radical (unpaired) electrons. The third-order valence-electron chi connectivity index (χ3n) is 8.92. The quantitative estimate of drug-likeness (QED) is 0.412. The minimum Gasteiger partial charge on any atom is -0.508 e. The highest BCUT2D eigenvalue weighted by Gasteiger charge is 2.57. The van der Waals surface area contributed by atoms with E-state index in [4.69, 9.17) is 0 Å². The van der Waals surface area contributed by atoms with Crippen LogP contribution in [0.4, 0.5) is 0 Å². The largest absolute Gasteiger partial charge is 0.508 e. The fourth-order valence-electron chi connectivity index (χ4n) is 6.74. The summed E-state index contributed by atoms with van der Waals surface area (Å²) in [4.78, 5) is 15.3. The van der Waals surface area contributed by atoms with Crippen molar-refractivity contribution in [2.75, 3.05) is 19.6 Å². The Balaban J connectivity index is 1.19. The number of amides is 1. The maximum Gasteiger partial charge on any atom is 0.220 e. The molecule has 5 nitrogen and oxygen atoms in total. The van der Waals surface area contributed by atoms with Crippen LogP contribution in [0, 0.1) is 5.92 Å². The van der Waals surface area contributed by atoms with Crippen LogP contribution in [-0.4, -0.2) is 52.3 Å². The van der Waals surface area contributed by atoms with E-state index in [9.17, 15) is 15.0 Å². The van der Waals surface area contributed by atoms with Gasteiger partial charge in [0.2, 0.25) is 5.91 Å². The van der Waals surface area contributed by atoms with Crippen LogP contribution in [0.1, 0.15) is 75.3 Å². The molecule has 1 amide bonds. The number of nitrogens with one attached hydrogen (secondary N) is 1. The molecular formula is C31H42N2O3. The van der Waals surface area contributed by atoms with Crippen LogP contribution in [0.3, 0.4) is 0 Å². The molecule has 0 aromatic heterocycles. The summed E-state index contributed by atoms with van der Waals surface area (Å²) < 4.78 is 0. The van der Waals surface area contributed by atoms with E-state index < -0.39 is 11.0 Å². The van der Waals surface area contributed by atoms with Gasteiger partial charge in [-0.25, -0.2) is 0 Å². The van der Waals surface area contributed by atoms with Crippen molar-refractivity contribution in [3.63, 3.8) is 0 Å². The Kier molecular flexibility index (Phi) is 7.68. The van der Waals surface area contributed by atoms with Crippen molar-refractivity contribution in [2.45, 2.75) is 87.7 Å². The van der Waals surface area contributed by atoms with Crippen molar-refractivity contribution in [1.82, 2.24) is 10.2 Å². The number of aryl methyl sites for hydroxylation is 1. The van der Waals surface area contributed by atoms with Crippen LogP contribution in [-0.2, 0) is 16.6 Å². The van der Waals surface area contributed by atoms with Gasteiger partial charge in [0.05, 0.1) is 5.60 Å². The number of hydrogen-bond acceptors (Lipinski definition) is 4. The molecule has 3 fully saturated rings. The van der Waals surface area contributed by atoms with E-state index in [-0.39, 0.29) is 17.7 Å². The second-order valence-electron chi connectivity index (χ2n) is 11.6. The van der Waals surface area contributed by atoms with Crippen LogP contribution in [0.2, 0.25) is 0 Å². The number of aromatic hydroxyl groups is 1. The second kappa shape index (κ2) is 10.9. The molecule has 5 rings (SSSR count). The van der Waals surface area contributed by atoms with Crippen LogP contribution < -0.4 is 5.32 Å². The number of rotatable bonds is 10. The molecule has 2 aromatic rings. The molecule has 0 spiro atoms. The summed E-state index contributed by atoms with van der Waals surface area (Å²) in [5.41, 5.74) is 1.08. The van der Waals surface area contributed by atoms with Crippen molar-refractivity contribution < 1.29 is 15.0 Å². The molecule has 3 aliphatic rings. The highest BCUT2D eigenvalue weighted by atomic mass is 16.3. The molecule has 36 heavy (non-hydrogen) atoms. The number of carbonyl (C=O) groups is 1. The highest BCUT2D eigenvalue weighted by Crippen LogP contribution is 2.52. The summed E-state index contributed by atoms with van der Waals surface area (Å²) in [5, 5.41) is 25.7. The van der Waals surface area contributed by atoms with Gasteiger partial charge in [0.25, 0.3) is 0 Å². The zero-order chi connectivity index (χ0) is 25.0. The molecule has 1 aliphatic heterocycles. The zero-order valence-corrected chi connectivity index (χ0v) is 21.5. The van der Waals surface area contributed by atoms with E-state index in [1.807, 2.05) is 18.2 Å². The zero-order valence-electron chi connectivity index (χ0n) is 21.5. The van der Waals surface area contributed by atoms with Crippen LogP contribution >= 0.6 is 0 Å². The number of benzene rings is 2. The van der Waals surface area contributed by atoms with Gasteiger partial charge in [0.15, 0.2) is 0 Å². The summed E-state index contributed by atoms with van der Waals surface area (Å²) in [6.07, 6.45) is 10.4. The molecule has 3 N–H and O–H groups in total. The predicted molar refractivity (Wildman–Crippen MR) is 143 cm³/mol. The van der Waals surface area contributed by atoms with Gasteiger partial charge in [0, 0.05) is 31.0 Å². The molecule has 0 bridgehead atoms. The Hall–Kier alpha value is -2.37. The number of phenols is 1. The average Bonchev–Trinajstić information content (AvgIpc) is 3.69. The summed E-state index contributed by atoms with van der Waals surface area (Å²) in [6, 6.07) is 18.0. The number of hydrogen-bond donors (Lipinski definition) is 3. The summed E-state index contributed by atoms with van der Waals surface area (Å²) >= 11 is 0. The third kappa shape index (κ3) is 5.78. The Bertz CT molecular complexity index is 1020. The van der Waals surface area contributed by atoms with Crippen LogP contribution in [0.25, 0.3) is 0 Å². The number of unbranched alkanes of at least 4 members (excludes halogenated alkanes) is 2. The van der Waals surface area contributed by atoms with Gasteiger partial charge in [-0.3, -0.25) is 4.79 Å². The maximum atomic E-state index is 12.8. The first kappa shape index (κ1) is 25.3. The lowest BCUT2D eigenvalue weighted by molar-refractivity contribution is -0.134. The molecule has 194 valence electrons. The fourth-order valence-corrected chi connectivity index (χ4v) is 6.74. The molecular weight excluding hydrogens is 448 g/mol. The van der Waals surface area contributed by atoms with Gasteiger partial charge in [-0.2, -0.15) is 0 Å². The Morgan fingerprint density at radius 3 is 2.61 bits per heavy atom. The minimum absolute atomic E-state index is 0.0550. The molecule has 1 saturated heterocycles. The molecule has 3 unspecified atom stereocenters. The van der Waals surface area contributed by atoms with Gasteiger partial charge in [0.1, 0.15) is 5.75 Å². The minimum atomic E-state index is -0.841. The molecule has 3 atom stereocenters. The van der Waals surface area contributed by atoms with Gasteiger partial charge < -0.3 is 20.4 Å². The van der Waals surface area contributed by atoms with Crippen molar-refractivity contribution in [1.29, 1.82) is 0 Å². The van der Waals surface area contributed by atoms with Crippen molar-refractivity contribution in [3.8, 4) is 5.75 Å². The Morgan fingerprint density at radius 2 is 1.83 bits per heavy atom. The van der Waals surface area contributed by atoms with E-state index in [0.717, 1.165) is 69.5 Å². The van der Waals surface area contributed by atoms with Crippen LogP contribution in [0.15, 0.2) is 54.6 Å². The lowest BCUT2D eigenvalue weighted by Gasteiger charge is -2.58. The van der Waals surface area contributed by atoms with E-state index in [1.54, 1.807) is 6.07 Å². The summed E-state index contributed by atoms with van der Waals surface area (Å²) in [6.45, 7) is 2.72. The first-order chi connectivity index (χ1) is 17.5. The molecule has 2 saturated carbocycles. The predicted octanol–water partition coefficient (Wildman–Crippen LogP) is 4.95. The van der Waals surface area contributed by atoms with E-state index >= 15 is 0 Å². The number of phenolic OH excluding ortho intramolecular Hbond substituents is 1. The lowest BCUT2D eigenvalue weighted by Crippen LogP contribution is -2.67. The SMILES string of the molecule is O=C(CCCCCc1ccccc1)NC1CCC2(O)CN(CC3CC3)CCC2(c2cccc(O)c2)C1. The number of likely N-dealkylation sites (tertiary alicyclic amines) is 1. The second-order valence-corrected chi connectivity index (χ2v) is 11.6. The van der Waals surface area contributed by atoms with Crippen molar-refractivity contribution in [2.24, 2.45) is 5.92 Å². The average molecular weight is 491 g/mol. The molecule has 1 heterocycles. The standard InChI is InChI=1S/C31H42N2O3/c34-28-12-7-11-26(20-28)30-18-19-33(22-25-14-15-25)23-31(30,36)17-16-27(21-30)32-29(35)13-6-2-5-10-24-8-3-1-4-9-24/h1,3-4,7-9,11-12,20,25,27,34,36H,2,5-6,10,13-19,21-23H2,(H,32,35). The number of piperidine rings is 1. The Morgan fingerprint density at radius 1 is 1.00 bits per heavy atom. The summed E-state index contributed by atoms with van der Waals surface area (Å²) in [7, 11) is 0. The number of β-amino-alcohol motifs (C(OH)–C–C–N with tert-alkyl or cyclic N) is 1. The molecule has 2 aromatic carbocycles. The third-order valence-corrected chi connectivity index (χ3v) is 8.92. The number of aliphatic hydroxyl groups is 1. The normalized spacial score (nSPS) is 28.4. The fraction of sp³-hybridized carbons (Fsp3) is 0.581. The van der Waals surface area contributed by atoms with E-state index in [2.05, 4.69) is 40.5 Å². The van der Waals surface area contributed by atoms with Crippen LogP contribution in [0.5, 0.6) is 5.75 Å². The number of carbonyl (C=O) groups excluding carboxylic acids is 1. The highest BCUT2D eigenvalue weighted by molar-refractivity contribution is 5.76. The van der Waals surface area contributed by atoms with Gasteiger partial charge in [-0.15, -0.1) is 0 Å². The van der Waals surface area contributed by atoms with Crippen molar-refractivity contribution >= 4 is 5.91 Å². The van der Waals surface area contributed by atoms with Gasteiger partial charge in [-0.1, -0.05) is 48.9 Å². The monoisotopic (exact) mass is 490 g/mol. The summed E-state index contributed by atoms with van der Waals surface area (Å²) in [5.74, 6) is 1.17. The van der Waals surface area contributed by atoms with Gasteiger partial charge >= 0.3 is 0 Å². The maximum absolute atomic E-state index is 12.8. The molecule has 2 aliphatic carbocycles. The number of fused-ring (bicyclic) bond motifs is 1. The lowest BCUT2D eigenvalue weighted by atomic mass is 9.55. The van der Waals surface area contributed by atoms with Gasteiger partial charge in [-0.05, 0) is 93.5 Å². The first-order valence-electron chi connectivity index (χ1n) is 14.0. The smallest absolute Gasteiger partial charge is 0.220 e. The van der Waals surface area contributed by atoms with Crippen molar-refractivity contribution in [3.05, 3.63) is 65.7 Å². The van der Waals surface area contributed by atoms with E-state index in [1.165, 1.54) is 18.4 Å². The van der Waals surface area contributed by atoms with E-state index in [0.29, 0.717) is 19.4 Å². The topological polar surface area (TPSA) is 72.8 Å². The first-order valence-corrected chi connectivity index (χ1v) is 14.0. The molecule has 5 heteroatoms.